The number of aryl methyl sites for hydroxylation is 1. The number of nitrogens with zero attached hydrogens (tertiary/aromatic N) is 1. The average Bonchev–Trinajstić information content (AvgIpc) is 2.69. The fourth-order valence-corrected chi connectivity index (χ4v) is 2.59. The molecule has 5 nitrogen and oxygen atoms in total. The highest BCUT2D eigenvalue weighted by Gasteiger charge is 2.12. The monoisotopic (exact) mass is 360 g/mol. The van der Waals surface area contributed by atoms with Crippen LogP contribution in [0.4, 0.5) is 5.69 Å². The molecule has 0 bridgehead atoms. The molecule has 0 radical (unpaired) electrons. The third-order valence-corrected chi connectivity index (χ3v) is 4.05. The van der Waals surface area contributed by atoms with E-state index in [0.717, 1.165) is 17.7 Å². The minimum Gasteiger partial charge on any atom is -0.421 e. The molecule has 0 saturated carbocycles. The van der Waals surface area contributed by atoms with E-state index in [0.29, 0.717) is 17.0 Å². The SMILES string of the molecule is CCc1ccc(-c2ccc(C(=O)Oc3ccccc3NC(C)=O)cc2)nc1. The highest BCUT2D eigenvalue weighted by atomic mass is 16.5. The number of aromatic nitrogens is 1. The molecule has 1 heterocycles. The van der Waals surface area contributed by atoms with Crippen LogP contribution in [-0.4, -0.2) is 16.9 Å². The molecule has 5 heteroatoms. The largest absolute Gasteiger partial charge is 0.421 e. The Morgan fingerprint density at radius 1 is 1.00 bits per heavy atom. The number of benzene rings is 2. The second kappa shape index (κ2) is 8.27. The van der Waals surface area contributed by atoms with Gasteiger partial charge >= 0.3 is 5.97 Å². The first-order valence-corrected chi connectivity index (χ1v) is 8.71. The normalized spacial score (nSPS) is 10.3. The summed E-state index contributed by atoms with van der Waals surface area (Å²) in [4.78, 5) is 28.2. The predicted octanol–water partition coefficient (Wildman–Crippen LogP) is 4.49. The van der Waals surface area contributed by atoms with E-state index < -0.39 is 5.97 Å². The van der Waals surface area contributed by atoms with Crippen molar-refractivity contribution in [2.75, 3.05) is 5.32 Å². The first-order chi connectivity index (χ1) is 13.1. The van der Waals surface area contributed by atoms with Crippen molar-refractivity contribution in [2.24, 2.45) is 0 Å². The topological polar surface area (TPSA) is 68.3 Å². The number of hydrogen-bond acceptors (Lipinski definition) is 4. The van der Waals surface area contributed by atoms with Gasteiger partial charge in [0.1, 0.15) is 0 Å². The zero-order valence-corrected chi connectivity index (χ0v) is 15.2. The second-order valence-corrected chi connectivity index (χ2v) is 6.05. The van der Waals surface area contributed by atoms with Gasteiger partial charge in [0.15, 0.2) is 5.75 Å². The van der Waals surface area contributed by atoms with E-state index in [-0.39, 0.29) is 5.91 Å². The summed E-state index contributed by atoms with van der Waals surface area (Å²) in [5.41, 5.74) is 3.82. The van der Waals surface area contributed by atoms with Crippen LogP contribution in [0.1, 0.15) is 29.8 Å². The molecular formula is C22H20N2O3. The summed E-state index contributed by atoms with van der Waals surface area (Å²) in [6.45, 7) is 3.49. The van der Waals surface area contributed by atoms with Crippen LogP contribution in [0.15, 0.2) is 66.9 Å². The number of ether oxygens (including phenoxy) is 1. The van der Waals surface area contributed by atoms with Crippen molar-refractivity contribution in [3.8, 4) is 17.0 Å². The first kappa shape index (κ1) is 18.3. The van der Waals surface area contributed by atoms with Crippen molar-refractivity contribution in [1.82, 2.24) is 4.98 Å². The number of esters is 1. The summed E-state index contributed by atoms with van der Waals surface area (Å²) in [6.07, 6.45) is 2.80. The summed E-state index contributed by atoms with van der Waals surface area (Å²) in [5.74, 6) is -0.420. The van der Waals surface area contributed by atoms with E-state index in [1.165, 1.54) is 12.5 Å². The van der Waals surface area contributed by atoms with Gasteiger partial charge in [-0.1, -0.05) is 37.3 Å². The van der Waals surface area contributed by atoms with Crippen LogP contribution in [0, 0.1) is 0 Å². The quantitative estimate of drug-likeness (QED) is 0.538. The van der Waals surface area contributed by atoms with Crippen molar-refractivity contribution in [2.45, 2.75) is 20.3 Å². The first-order valence-electron chi connectivity index (χ1n) is 8.71. The van der Waals surface area contributed by atoms with E-state index in [2.05, 4.69) is 17.2 Å². The van der Waals surface area contributed by atoms with Gasteiger partial charge in [0, 0.05) is 18.7 Å². The Balaban J connectivity index is 1.75. The van der Waals surface area contributed by atoms with Crippen molar-refractivity contribution >= 4 is 17.6 Å². The lowest BCUT2D eigenvalue weighted by Gasteiger charge is -2.10. The van der Waals surface area contributed by atoms with E-state index in [1.54, 1.807) is 36.4 Å². The van der Waals surface area contributed by atoms with Crippen LogP contribution in [0.2, 0.25) is 0 Å². The zero-order valence-electron chi connectivity index (χ0n) is 15.2. The lowest BCUT2D eigenvalue weighted by Crippen LogP contribution is -2.12. The Hall–Kier alpha value is -3.47. The number of hydrogen-bond donors (Lipinski definition) is 1. The van der Waals surface area contributed by atoms with Gasteiger partial charge in [0.05, 0.1) is 16.9 Å². The molecule has 0 spiro atoms. The molecule has 0 fully saturated rings. The van der Waals surface area contributed by atoms with Crippen molar-refractivity contribution < 1.29 is 14.3 Å². The van der Waals surface area contributed by atoms with Crippen LogP contribution in [0.3, 0.4) is 0 Å². The van der Waals surface area contributed by atoms with Gasteiger partial charge in [-0.05, 0) is 42.3 Å². The third kappa shape index (κ3) is 4.58. The van der Waals surface area contributed by atoms with Crippen molar-refractivity contribution in [3.63, 3.8) is 0 Å². The standard InChI is InChI=1S/C22H20N2O3/c1-3-16-8-13-19(23-14-16)17-9-11-18(12-10-17)22(26)27-21-7-5-4-6-20(21)24-15(2)25/h4-14H,3H2,1-2H3,(H,24,25). The Kier molecular flexibility index (Phi) is 5.61. The molecule has 3 aromatic rings. The average molecular weight is 360 g/mol. The van der Waals surface area contributed by atoms with Gasteiger partial charge in [0.25, 0.3) is 0 Å². The van der Waals surface area contributed by atoms with E-state index in [4.69, 9.17) is 4.74 Å². The molecule has 3 rings (SSSR count). The third-order valence-electron chi connectivity index (χ3n) is 4.05. The molecule has 1 amide bonds. The number of pyridine rings is 1. The molecule has 27 heavy (non-hydrogen) atoms. The lowest BCUT2D eigenvalue weighted by atomic mass is 10.1. The Bertz CT molecular complexity index is 948. The number of anilines is 1. The molecule has 1 aromatic heterocycles. The Morgan fingerprint density at radius 2 is 1.74 bits per heavy atom. The van der Waals surface area contributed by atoms with Crippen LogP contribution in [-0.2, 0) is 11.2 Å². The van der Waals surface area contributed by atoms with Gasteiger partial charge in [-0.15, -0.1) is 0 Å². The van der Waals surface area contributed by atoms with Crippen LogP contribution >= 0.6 is 0 Å². The summed E-state index contributed by atoms with van der Waals surface area (Å²) >= 11 is 0. The molecule has 136 valence electrons. The minimum atomic E-state index is -0.492. The maximum Gasteiger partial charge on any atom is 0.343 e. The highest BCUT2D eigenvalue weighted by molar-refractivity contribution is 5.94. The summed E-state index contributed by atoms with van der Waals surface area (Å²) in [7, 11) is 0. The second-order valence-electron chi connectivity index (χ2n) is 6.05. The molecule has 0 aliphatic heterocycles. The molecule has 0 saturated heterocycles. The van der Waals surface area contributed by atoms with Gasteiger partial charge in [-0.3, -0.25) is 9.78 Å². The molecule has 2 aromatic carbocycles. The number of nitrogens with one attached hydrogen (secondary N) is 1. The van der Waals surface area contributed by atoms with Gasteiger partial charge in [-0.2, -0.15) is 0 Å². The highest BCUT2D eigenvalue weighted by Crippen LogP contribution is 2.25. The Morgan fingerprint density at radius 3 is 2.37 bits per heavy atom. The number of para-hydroxylation sites is 2. The van der Waals surface area contributed by atoms with E-state index in [9.17, 15) is 9.59 Å². The Labute approximate surface area is 158 Å². The van der Waals surface area contributed by atoms with Crippen molar-refractivity contribution in [3.05, 3.63) is 78.0 Å². The number of amides is 1. The van der Waals surface area contributed by atoms with Crippen LogP contribution in [0.25, 0.3) is 11.3 Å². The minimum absolute atomic E-state index is 0.232. The van der Waals surface area contributed by atoms with Crippen LogP contribution in [0.5, 0.6) is 5.75 Å². The molecule has 1 N–H and O–H groups in total. The summed E-state index contributed by atoms with van der Waals surface area (Å²) in [5, 5.41) is 2.65. The maximum absolute atomic E-state index is 12.4. The molecule has 0 aliphatic carbocycles. The zero-order chi connectivity index (χ0) is 19.2. The van der Waals surface area contributed by atoms with Gasteiger partial charge < -0.3 is 10.1 Å². The van der Waals surface area contributed by atoms with E-state index in [1.807, 2.05) is 30.5 Å². The van der Waals surface area contributed by atoms with Crippen LogP contribution < -0.4 is 10.1 Å². The fourth-order valence-electron chi connectivity index (χ4n) is 2.59. The smallest absolute Gasteiger partial charge is 0.343 e. The molecule has 0 aliphatic rings. The van der Waals surface area contributed by atoms with Crippen molar-refractivity contribution in [1.29, 1.82) is 0 Å². The number of rotatable bonds is 5. The van der Waals surface area contributed by atoms with Gasteiger partial charge in [0.2, 0.25) is 5.91 Å². The number of carbonyl (C=O) groups is 2. The molecule has 0 atom stereocenters. The molecular weight excluding hydrogens is 340 g/mol. The maximum atomic E-state index is 12.4. The predicted molar refractivity (Wildman–Crippen MR) is 105 cm³/mol. The fraction of sp³-hybridized carbons (Fsp3) is 0.136. The summed E-state index contributed by atoms with van der Waals surface area (Å²) in [6, 6.07) is 17.9. The number of carbonyl (C=O) groups excluding carboxylic acids is 2. The summed E-state index contributed by atoms with van der Waals surface area (Å²) < 4.78 is 5.44. The molecule has 0 unspecified atom stereocenters. The lowest BCUT2D eigenvalue weighted by molar-refractivity contribution is -0.114. The van der Waals surface area contributed by atoms with E-state index >= 15 is 0 Å². The van der Waals surface area contributed by atoms with Gasteiger partial charge in [-0.25, -0.2) is 4.79 Å².